The van der Waals surface area contributed by atoms with Gasteiger partial charge in [-0.05, 0) is 49.7 Å². The number of carbonyl (C=O) groups excluding carboxylic acids is 3. The molecule has 0 bridgehead atoms. The Morgan fingerprint density at radius 1 is 1.07 bits per heavy atom. The van der Waals surface area contributed by atoms with Crippen LogP contribution >= 0.6 is 0 Å². The van der Waals surface area contributed by atoms with Gasteiger partial charge in [-0.1, -0.05) is 13.8 Å². The Morgan fingerprint density at radius 2 is 1.76 bits per heavy atom. The molecule has 2 aliphatic carbocycles. The zero-order valence-electron chi connectivity index (χ0n) is 24.7. The zero-order chi connectivity index (χ0) is 30.6. The highest BCUT2D eigenvalue weighted by atomic mass is 16.7. The average Bonchev–Trinajstić information content (AvgIpc) is 2.90. The molecule has 1 N–H and O–H groups in total. The van der Waals surface area contributed by atoms with Crippen molar-refractivity contribution in [2.45, 2.75) is 84.7 Å². The Hall–Kier alpha value is -3.73. The summed E-state index contributed by atoms with van der Waals surface area (Å²) in [6, 6.07) is 5.00. The van der Waals surface area contributed by atoms with Crippen LogP contribution in [-0.4, -0.2) is 52.4 Å². The van der Waals surface area contributed by atoms with Gasteiger partial charge in [0, 0.05) is 56.1 Å². The number of aliphatic hydroxyl groups is 1. The Kier molecular flexibility index (Phi) is 7.45. The van der Waals surface area contributed by atoms with Crippen molar-refractivity contribution in [1.29, 1.82) is 0 Å². The van der Waals surface area contributed by atoms with Gasteiger partial charge in [0.2, 0.25) is 0 Å². The number of aromatic nitrogens is 1. The second-order valence-electron chi connectivity index (χ2n) is 12.4. The standard InChI is InChI=1S/C31H37NO10/c1-16(33)38-15-30(5)22-13-24(40-18(3)35)31(6)27(29(22,4)10-9-23(30)39-17(2)34)26(36)25-21(42-31)12-20(41-28(25)37)19-8-7-11-32-14-19/h7-8,11-12,14,22-24,26-27,36H,9-10,13,15H2,1-6H3/t22-,23+,24+,26+,27-,29+,30+,31-/m1/s1/i9+1,13+1,16+1,17+1,18+1,21+1,26+1,28+1,29+1,30+1,31+1. The molecule has 2 aromatic rings. The lowest BCUT2D eigenvalue weighted by molar-refractivity contribution is -0.270. The average molecular weight is 595 g/mol. The first-order chi connectivity index (χ1) is 19.7. The van der Waals surface area contributed by atoms with Crippen LogP contribution in [0.1, 0.15) is 72.5 Å². The summed E-state index contributed by atoms with van der Waals surface area (Å²) in [5, 5.41) is 12.1. The van der Waals surface area contributed by atoms with Crippen molar-refractivity contribution in [2.75, 3.05) is 6.61 Å². The van der Waals surface area contributed by atoms with Crippen LogP contribution in [0.25, 0.3) is 11.3 Å². The van der Waals surface area contributed by atoms with Gasteiger partial charge in [-0.2, -0.15) is 0 Å². The summed E-state index contributed by atoms with van der Waals surface area (Å²) in [6.45, 7) is 9.56. The quantitative estimate of drug-likeness (QED) is 0.306. The first kappa shape index (κ1) is 29.8. The molecule has 2 aromatic heterocycles. The van der Waals surface area contributed by atoms with Crippen LogP contribution in [0.4, 0.5) is 0 Å². The van der Waals surface area contributed by atoms with Gasteiger partial charge in [-0.25, -0.2) is 4.79 Å². The third kappa shape index (κ3) is 4.77. The van der Waals surface area contributed by atoms with E-state index in [-0.39, 0.29) is 36.0 Å². The van der Waals surface area contributed by atoms with E-state index >= 15 is 0 Å². The fourth-order valence-electron chi connectivity index (χ4n) is 8.04. The molecule has 0 saturated heterocycles. The van der Waals surface area contributed by atoms with Crippen LogP contribution in [0, 0.1) is 22.7 Å². The molecular weight excluding hydrogens is 557 g/mol. The number of pyridine rings is 1. The van der Waals surface area contributed by atoms with E-state index in [9.17, 15) is 24.3 Å². The second-order valence-corrected chi connectivity index (χ2v) is 12.4. The molecule has 0 radical (unpaired) electrons. The highest BCUT2D eigenvalue weighted by molar-refractivity contribution is 5.67. The summed E-state index contributed by atoms with van der Waals surface area (Å²) in [7, 11) is 0. The van der Waals surface area contributed by atoms with E-state index in [1.807, 2.05) is 13.8 Å². The number of hydrogen-bond acceptors (Lipinski definition) is 11. The van der Waals surface area contributed by atoms with Crippen LogP contribution in [0.15, 0.2) is 39.8 Å². The van der Waals surface area contributed by atoms with Crippen molar-refractivity contribution in [3.63, 3.8) is 0 Å². The number of fused-ring (bicyclic) bond motifs is 4. The summed E-state index contributed by atoms with van der Waals surface area (Å²) in [5.41, 5.74) is -3.09. The number of rotatable bonds is 5. The molecule has 1 aliphatic heterocycles. The third-order valence-corrected chi connectivity index (χ3v) is 9.73. The molecule has 3 heterocycles. The minimum absolute atomic E-state index is 0.0163. The summed E-state index contributed by atoms with van der Waals surface area (Å²) in [4.78, 5) is 54.0. The lowest BCUT2D eigenvalue weighted by Gasteiger charge is -2.66. The van der Waals surface area contributed by atoms with Gasteiger partial charge in [0.25, 0.3) is 0 Å². The molecule has 11 heteroatoms. The first-order valence-electron chi connectivity index (χ1n) is 14.1. The topological polar surface area (TPSA) is 151 Å². The van der Waals surface area contributed by atoms with Crippen LogP contribution in [-0.2, 0) is 28.6 Å². The molecule has 8 atom stereocenters. The molecule has 0 amide bonds. The predicted octanol–water partition coefficient (Wildman–Crippen LogP) is 3.76. The molecule has 5 rings (SSSR count). The molecule has 2 fully saturated rings. The van der Waals surface area contributed by atoms with Crippen LogP contribution in [0.2, 0.25) is 0 Å². The van der Waals surface area contributed by atoms with Gasteiger partial charge in [-0.15, -0.1) is 0 Å². The van der Waals surface area contributed by atoms with Crippen LogP contribution < -0.4 is 10.4 Å². The maximum Gasteiger partial charge on any atom is 0.345 e. The molecule has 0 aromatic carbocycles. The minimum Gasteiger partial charge on any atom is -0.482 e. The number of esters is 3. The number of hydrogen-bond donors (Lipinski definition) is 1. The smallest absolute Gasteiger partial charge is 0.345 e. The van der Waals surface area contributed by atoms with E-state index in [0.29, 0.717) is 18.4 Å². The Labute approximate surface area is 243 Å². The van der Waals surface area contributed by atoms with Crippen molar-refractivity contribution in [2.24, 2.45) is 22.7 Å². The molecule has 0 unspecified atom stereocenters. The first-order valence-corrected chi connectivity index (χ1v) is 14.1. The number of ether oxygens (including phenoxy) is 4. The fourth-order valence-corrected chi connectivity index (χ4v) is 8.04. The highest BCUT2D eigenvalue weighted by Crippen LogP contribution is 2.67. The zero-order valence-corrected chi connectivity index (χ0v) is 24.7. The van der Waals surface area contributed by atoms with Gasteiger partial charge < -0.3 is 28.5 Å². The van der Waals surface area contributed by atoms with Crippen molar-refractivity contribution >= 4 is 17.9 Å². The van der Waals surface area contributed by atoms with Gasteiger partial charge in [0.05, 0.1) is 6.10 Å². The number of nitrogens with zero attached hydrogens (tertiary/aromatic N) is 1. The van der Waals surface area contributed by atoms with E-state index < -0.39 is 64.2 Å². The molecule has 0 spiro atoms. The number of aliphatic hydroxyl groups excluding tert-OH is 1. The van der Waals surface area contributed by atoms with Crippen molar-refractivity contribution < 1.29 is 42.9 Å². The van der Waals surface area contributed by atoms with Crippen LogP contribution in [0.5, 0.6) is 5.75 Å². The third-order valence-electron chi connectivity index (χ3n) is 9.73. The van der Waals surface area contributed by atoms with E-state index in [2.05, 4.69) is 4.98 Å². The molecule has 42 heavy (non-hydrogen) atoms. The summed E-state index contributed by atoms with van der Waals surface area (Å²) >= 11 is 0. The highest BCUT2D eigenvalue weighted by Gasteiger charge is 2.70. The largest absolute Gasteiger partial charge is 0.482 e. The summed E-state index contributed by atoms with van der Waals surface area (Å²) in [5.74, 6) is -2.25. The van der Waals surface area contributed by atoms with Crippen molar-refractivity contribution in [3.05, 3.63) is 46.6 Å². The second kappa shape index (κ2) is 10.5. The SMILES string of the molecule is C[13C](=O)OC[13C@@]1(C)[C@@H]2[13CH2][C@H](O[13C](C)=O)[13C@@]3(C)O[13c]4cc(-c5cccnc5)o[13c](=O)c4[13C@H](O)[C@@H]3[13C@@]2(C)C[13CH2][C@@H]1O[13C](C)=O. The maximum atomic E-state index is 13.4. The predicted molar refractivity (Wildman–Crippen MR) is 147 cm³/mol. The van der Waals surface area contributed by atoms with Gasteiger partial charge in [0.15, 0.2) is 0 Å². The molecule has 226 valence electrons. The number of carbonyl (C=O) groups is 3. The van der Waals surface area contributed by atoms with Gasteiger partial charge in [0.1, 0.15) is 41.5 Å². The lowest BCUT2D eigenvalue weighted by Crippen LogP contribution is -2.71. The Balaban J connectivity index is 1.66. The normalized spacial score (nSPS) is 35.0. The summed E-state index contributed by atoms with van der Waals surface area (Å²) < 4.78 is 29.5. The van der Waals surface area contributed by atoms with Crippen LogP contribution in [0.3, 0.4) is 0 Å². The van der Waals surface area contributed by atoms with Gasteiger partial charge in [-0.3, -0.25) is 19.4 Å². The van der Waals surface area contributed by atoms with Gasteiger partial charge >= 0.3 is 23.5 Å². The molecule has 11 nitrogen and oxygen atoms in total. The monoisotopic (exact) mass is 594 g/mol. The maximum absolute atomic E-state index is 13.4. The van der Waals surface area contributed by atoms with E-state index in [1.54, 1.807) is 37.5 Å². The van der Waals surface area contributed by atoms with E-state index in [1.165, 1.54) is 20.8 Å². The van der Waals surface area contributed by atoms with Crippen molar-refractivity contribution in [1.82, 2.24) is 4.98 Å². The van der Waals surface area contributed by atoms with Crippen molar-refractivity contribution in [3.8, 4) is 17.1 Å². The van der Waals surface area contributed by atoms with E-state index in [4.69, 9.17) is 23.4 Å². The van der Waals surface area contributed by atoms with E-state index in [0.717, 1.165) is 0 Å². The fraction of sp³-hybridized carbons (Fsp3) is 0.581. The lowest BCUT2D eigenvalue weighted by atomic mass is 9.87. The molecule has 2 saturated carbocycles. The molecular formula is C31H37NO10. The minimum atomic E-state index is -1.34. The Morgan fingerprint density at radius 3 is 2.38 bits per heavy atom. The summed E-state index contributed by atoms with van der Waals surface area (Å²) in [6.07, 6.45) is 1.53. The Bertz CT molecular complexity index is 1460. The molecule has 3 aliphatic rings.